The van der Waals surface area contributed by atoms with E-state index in [9.17, 15) is 4.79 Å². The second kappa shape index (κ2) is 6.26. The number of likely N-dealkylation sites (N-methyl/N-ethyl adjacent to an activating group) is 1. The minimum atomic E-state index is 0.208. The molecule has 0 N–H and O–H groups in total. The van der Waals surface area contributed by atoms with Gasteiger partial charge in [-0.05, 0) is 43.5 Å². The Labute approximate surface area is 147 Å². The fourth-order valence-corrected chi connectivity index (χ4v) is 4.86. The van der Waals surface area contributed by atoms with E-state index in [1.165, 1.54) is 19.3 Å². The SMILES string of the molecule is C[N+]1(CC(=O)N2c3ccccc3Sc3ccccc32)CCCCC1. The summed E-state index contributed by atoms with van der Waals surface area (Å²) in [5, 5.41) is 0. The first-order chi connectivity index (χ1) is 11.7. The quantitative estimate of drug-likeness (QED) is 0.754. The van der Waals surface area contributed by atoms with E-state index in [2.05, 4.69) is 31.3 Å². The molecule has 24 heavy (non-hydrogen) atoms. The molecule has 3 nitrogen and oxygen atoms in total. The molecule has 2 aromatic carbocycles. The van der Waals surface area contributed by atoms with E-state index < -0.39 is 0 Å². The van der Waals surface area contributed by atoms with Gasteiger partial charge in [0, 0.05) is 9.79 Å². The molecule has 124 valence electrons. The zero-order valence-corrected chi connectivity index (χ0v) is 14.9. The maximum atomic E-state index is 13.3. The number of hydrogen-bond acceptors (Lipinski definition) is 2. The monoisotopic (exact) mass is 339 g/mol. The molecule has 4 rings (SSSR count). The summed E-state index contributed by atoms with van der Waals surface area (Å²) in [7, 11) is 2.23. The normalized spacial score (nSPS) is 18.6. The highest BCUT2D eigenvalue weighted by Gasteiger charge is 2.34. The van der Waals surface area contributed by atoms with Crippen LogP contribution in [0.25, 0.3) is 0 Å². The summed E-state index contributed by atoms with van der Waals surface area (Å²) < 4.78 is 0.868. The van der Waals surface area contributed by atoms with Crippen LogP contribution in [0.2, 0.25) is 0 Å². The topological polar surface area (TPSA) is 20.3 Å². The average Bonchev–Trinajstić information content (AvgIpc) is 2.59. The molecule has 2 aliphatic heterocycles. The maximum Gasteiger partial charge on any atom is 0.286 e. The van der Waals surface area contributed by atoms with Gasteiger partial charge in [0.05, 0.1) is 31.5 Å². The molecule has 0 unspecified atom stereocenters. The molecule has 1 amide bonds. The third kappa shape index (κ3) is 2.85. The third-order valence-electron chi connectivity index (χ3n) is 5.09. The van der Waals surface area contributed by atoms with Crippen LogP contribution < -0.4 is 4.90 Å². The molecule has 1 saturated heterocycles. The number of para-hydroxylation sites is 2. The van der Waals surface area contributed by atoms with Gasteiger partial charge in [0.1, 0.15) is 0 Å². The second-order valence-corrected chi connectivity index (χ2v) is 8.14. The van der Waals surface area contributed by atoms with Crippen LogP contribution in [0.4, 0.5) is 11.4 Å². The first-order valence-electron chi connectivity index (χ1n) is 8.69. The van der Waals surface area contributed by atoms with Crippen molar-refractivity contribution in [1.82, 2.24) is 0 Å². The molecule has 0 aliphatic carbocycles. The van der Waals surface area contributed by atoms with E-state index in [4.69, 9.17) is 0 Å². The predicted molar refractivity (Wildman–Crippen MR) is 98.8 cm³/mol. The maximum absolute atomic E-state index is 13.3. The van der Waals surface area contributed by atoms with Crippen molar-refractivity contribution < 1.29 is 9.28 Å². The molecule has 0 aromatic heterocycles. The summed E-state index contributed by atoms with van der Waals surface area (Å²) in [5.41, 5.74) is 2.05. The molecule has 0 atom stereocenters. The molecule has 0 spiro atoms. The Morgan fingerprint density at radius 2 is 1.50 bits per heavy atom. The van der Waals surface area contributed by atoms with Crippen LogP contribution in [-0.2, 0) is 4.79 Å². The standard InChI is InChI=1S/C20H23N2OS/c1-22(13-7-2-8-14-22)15-20(23)21-16-9-3-5-11-18(16)24-19-12-6-4-10-17(19)21/h3-6,9-12H,2,7-8,13-15H2,1H3/q+1. The van der Waals surface area contributed by atoms with E-state index in [0.717, 1.165) is 38.7 Å². The highest BCUT2D eigenvalue weighted by Crippen LogP contribution is 2.47. The van der Waals surface area contributed by atoms with E-state index in [-0.39, 0.29) is 5.91 Å². The number of likely N-dealkylation sites (tertiary alicyclic amines) is 1. The number of fused-ring (bicyclic) bond motifs is 2. The smallest absolute Gasteiger partial charge is 0.286 e. The number of carbonyl (C=O) groups is 1. The number of anilines is 2. The number of hydrogen-bond donors (Lipinski definition) is 0. The molecule has 4 heteroatoms. The Bertz CT molecular complexity index is 722. The lowest BCUT2D eigenvalue weighted by molar-refractivity contribution is -0.906. The van der Waals surface area contributed by atoms with Crippen molar-refractivity contribution in [2.24, 2.45) is 0 Å². The van der Waals surface area contributed by atoms with Crippen molar-refractivity contribution >= 4 is 29.0 Å². The van der Waals surface area contributed by atoms with Gasteiger partial charge in [0.15, 0.2) is 6.54 Å². The Balaban J connectivity index is 1.70. The molecule has 2 aromatic rings. The molecular formula is C20H23N2OS+. The van der Waals surface area contributed by atoms with Crippen molar-refractivity contribution in [3.8, 4) is 0 Å². The Hall–Kier alpha value is -1.78. The van der Waals surface area contributed by atoms with E-state index in [0.29, 0.717) is 6.54 Å². The van der Waals surface area contributed by atoms with Crippen LogP contribution >= 0.6 is 11.8 Å². The second-order valence-electron chi connectivity index (χ2n) is 7.05. The van der Waals surface area contributed by atoms with Gasteiger partial charge in [-0.25, -0.2) is 0 Å². The van der Waals surface area contributed by atoms with Gasteiger partial charge in [-0.2, -0.15) is 0 Å². The molecule has 0 radical (unpaired) electrons. The molecule has 2 heterocycles. The molecular weight excluding hydrogens is 316 g/mol. The number of piperidine rings is 1. The first kappa shape index (κ1) is 15.7. The fraction of sp³-hybridized carbons (Fsp3) is 0.350. The highest BCUT2D eigenvalue weighted by atomic mass is 32.2. The van der Waals surface area contributed by atoms with Crippen molar-refractivity contribution in [3.63, 3.8) is 0 Å². The number of quaternary nitrogens is 1. The minimum absolute atomic E-state index is 0.208. The molecule has 2 aliphatic rings. The van der Waals surface area contributed by atoms with E-state index in [1.54, 1.807) is 11.8 Å². The summed E-state index contributed by atoms with van der Waals surface area (Å²) in [4.78, 5) is 17.6. The largest absolute Gasteiger partial charge is 0.318 e. The summed E-state index contributed by atoms with van der Waals surface area (Å²) in [5.74, 6) is 0.208. The molecule has 0 saturated carbocycles. The first-order valence-corrected chi connectivity index (χ1v) is 9.50. The van der Waals surface area contributed by atoms with Gasteiger partial charge in [0.2, 0.25) is 0 Å². The van der Waals surface area contributed by atoms with Gasteiger partial charge >= 0.3 is 0 Å². The van der Waals surface area contributed by atoms with Crippen LogP contribution in [0.3, 0.4) is 0 Å². The van der Waals surface area contributed by atoms with Gasteiger partial charge in [-0.1, -0.05) is 36.0 Å². The third-order valence-corrected chi connectivity index (χ3v) is 6.22. The van der Waals surface area contributed by atoms with Gasteiger partial charge in [-0.3, -0.25) is 9.69 Å². The molecule has 0 bridgehead atoms. The van der Waals surface area contributed by atoms with Crippen LogP contribution in [0, 0.1) is 0 Å². The Kier molecular flexibility index (Phi) is 4.10. The van der Waals surface area contributed by atoms with Crippen molar-refractivity contribution in [1.29, 1.82) is 0 Å². The highest BCUT2D eigenvalue weighted by molar-refractivity contribution is 7.99. The van der Waals surface area contributed by atoms with Crippen molar-refractivity contribution in [2.45, 2.75) is 29.1 Å². The Morgan fingerprint density at radius 3 is 2.08 bits per heavy atom. The van der Waals surface area contributed by atoms with Gasteiger partial charge in [0.25, 0.3) is 5.91 Å². The average molecular weight is 339 g/mol. The lowest BCUT2D eigenvalue weighted by atomic mass is 10.1. The number of carbonyl (C=O) groups excluding carboxylic acids is 1. The van der Waals surface area contributed by atoms with E-state index >= 15 is 0 Å². The van der Waals surface area contributed by atoms with Crippen LogP contribution in [-0.4, -0.2) is 37.1 Å². The van der Waals surface area contributed by atoms with Crippen molar-refractivity contribution in [2.75, 3.05) is 31.6 Å². The lowest BCUT2D eigenvalue weighted by Gasteiger charge is -2.39. The zero-order chi connectivity index (χ0) is 16.6. The predicted octanol–water partition coefficient (Wildman–Crippen LogP) is 4.45. The minimum Gasteiger partial charge on any atom is -0.318 e. The summed E-state index contributed by atoms with van der Waals surface area (Å²) in [6, 6.07) is 16.5. The van der Waals surface area contributed by atoms with E-state index in [1.807, 2.05) is 29.2 Å². The van der Waals surface area contributed by atoms with Crippen LogP contribution in [0.15, 0.2) is 58.3 Å². The number of nitrogens with zero attached hydrogens (tertiary/aromatic N) is 2. The van der Waals surface area contributed by atoms with Crippen molar-refractivity contribution in [3.05, 3.63) is 48.5 Å². The molecule has 1 fully saturated rings. The van der Waals surface area contributed by atoms with Crippen LogP contribution in [0.1, 0.15) is 19.3 Å². The van der Waals surface area contributed by atoms with Crippen LogP contribution in [0.5, 0.6) is 0 Å². The lowest BCUT2D eigenvalue weighted by Crippen LogP contribution is -2.53. The van der Waals surface area contributed by atoms with Gasteiger partial charge in [-0.15, -0.1) is 0 Å². The summed E-state index contributed by atoms with van der Waals surface area (Å²) in [6.45, 7) is 2.79. The number of benzene rings is 2. The number of amides is 1. The van der Waals surface area contributed by atoms with Gasteiger partial charge < -0.3 is 4.48 Å². The Morgan fingerprint density at radius 1 is 0.958 bits per heavy atom. The zero-order valence-electron chi connectivity index (χ0n) is 14.1. The summed E-state index contributed by atoms with van der Waals surface area (Å²) in [6.07, 6.45) is 3.76. The fourth-order valence-electron chi connectivity index (χ4n) is 3.80. The summed E-state index contributed by atoms with van der Waals surface area (Å²) >= 11 is 1.75. The number of rotatable bonds is 2.